The molecule has 4 aromatic rings. The number of carbonyl (C=O) groups is 1. The molecule has 9 nitrogen and oxygen atoms in total. The van der Waals surface area contributed by atoms with Gasteiger partial charge < -0.3 is 14.8 Å². The summed E-state index contributed by atoms with van der Waals surface area (Å²) in [6.07, 6.45) is 1.92. The zero-order valence-electron chi connectivity index (χ0n) is 16.8. The molecule has 0 bridgehead atoms. The molecule has 0 spiro atoms. The van der Waals surface area contributed by atoms with Crippen LogP contribution in [-0.4, -0.2) is 49.9 Å². The molecule has 3 aromatic heterocycles. The highest BCUT2D eigenvalue weighted by Gasteiger charge is 2.18. The minimum Gasteiger partial charge on any atom is -0.497 e. The fraction of sp³-hybridized carbons (Fsp3) is 0.150. The summed E-state index contributed by atoms with van der Waals surface area (Å²) in [7, 11) is 1.62. The predicted octanol–water partition coefficient (Wildman–Crippen LogP) is 3.75. The number of benzene rings is 1. The number of amides is 1. The third kappa shape index (κ3) is 5.65. The zero-order chi connectivity index (χ0) is 22.3. The minimum absolute atomic E-state index is 0.00221. The van der Waals surface area contributed by atoms with Crippen molar-refractivity contribution in [3.05, 3.63) is 59.5 Å². The van der Waals surface area contributed by atoms with E-state index in [0.717, 1.165) is 16.3 Å². The Bertz CT molecular complexity index is 1180. The van der Waals surface area contributed by atoms with Crippen molar-refractivity contribution in [2.45, 2.75) is 26.4 Å². The van der Waals surface area contributed by atoms with Gasteiger partial charge in [-0.2, -0.15) is 0 Å². The lowest BCUT2D eigenvalue weighted by Gasteiger charge is -2.10. The van der Waals surface area contributed by atoms with E-state index in [1.165, 1.54) is 41.2 Å². The van der Waals surface area contributed by atoms with Crippen LogP contribution in [0.5, 0.6) is 5.75 Å². The van der Waals surface area contributed by atoms with Gasteiger partial charge in [0.05, 0.1) is 12.8 Å². The molecule has 1 aromatic carbocycles. The first-order valence-electron chi connectivity index (χ1n) is 9.38. The summed E-state index contributed by atoms with van der Waals surface area (Å²) in [6.45, 7) is 0.00221. The van der Waals surface area contributed by atoms with E-state index >= 15 is 0 Å². The maximum atomic E-state index is 13.1. The normalized spacial score (nSPS) is 10.8. The van der Waals surface area contributed by atoms with Gasteiger partial charge in [-0.3, -0.25) is 10.1 Å². The molecule has 12 heteroatoms. The van der Waals surface area contributed by atoms with Gasteiger partial charge >= 0.3 is 0 Å². The summed E-state index contributed by atoms with van der Waals surface area (Å²) in [5, 5.41) is 23.0. The van der Waals surface area contributed by atoms with Crippen molar-refractivity contribution in [2.75, 3.05) is 19.0 Å². The van der Waals surface area contributed by atoms with Crippen LogP contribution in [-0.2, 0) is 6.42 Å². The van der Waals surface area contributed by atoms with Gasteiger partial charge in [-0.25, -0.2) is 9.97 Å². The number of pyridine rings is 1. The summed E-state index contributed by atoms with van der Waals surface area (Å²) in [5.74, 6) is 0.387. The van der Waals surface area contributed by atoms with Crippen LogP contribution < -0.4 is 10.1 Å². The molecule has 0 radical (unpaired) electrons. The number of aliphatic hydroxyl groups is 1. The minimum atomic E-state index is -0.370. The molecule has 0 saturated carbocycles. The molecule has 32 heavy (non-hydrogen) atoms. The van der Waals surface area contributed by atoms with Crippen LogP contribution in [0.1, 0.15) is 16.2 Å². The Morgan fingerprint density at radius 3 is 2.75 bits per heavy atom. The van der Waals surface area contributed by atoms with Crippen LogP contribution in [0.15, 0.2) is 68.1 Å². The molecule has 0 aliphatic rings. The number of ether oxygens (including phenoxy) is 1. The van der Waals surface area contributed by atoms with Gasteiger partial charge in [0.15, 0.2) is 10.3 Å². The molecule has 164 valence electrons. The van der Waals surface area contributed by atoms with Gasteiger partial charge in [0.25, 0.3) is 5.91 Å². The topological polar surface area (TPSA) is 126 Å². The number of hydrogen-bond donors (Lipinski definition) is 3. The summed E-state index contributed by atoms with van der Waals surface area (Å²) in [6, 6.07) is 11.3. The number of aromatic nitrogens is 5. The molecule has 0 aliphatic heterocycles. The zero-order valence-corrected chi connectivity index (χ0v) is 19.3. The highest BCUT2D eigenvalue weighted by molar-refractivity contribution is 7.99. The molecule has 0 atom stereocenters. The van der Waals surface area contributed by atoms with E-state index in [0.29, 0.717) is 26.6 Å². The van der Waals surface area contributed by atoms with E-state index in [1.807, 2.05) is 41.8 Å². The molecule has 3 N–H and O–H groups in total. The van der Waals surface area contributed by atoms with Crippen molar-refractivity contribution in [1.29, 1.82) is 0 Å². The maximum Gasteiger partial charge on any atom is 0.277 e. The monoisotopic (exact) mass is 486 g/mol. The molecule has 4 rings (SSSR count). The highest BCUT2D eigenvalue weighted by atomic mass is 32.2. The SMILES string of the molecule is COc1ccc(Sc2ccc(Sc3nnc[nH]3)nc2C(=O)Nc2nc(CCO)cs2)cc1. The van der Waals surface area contributed by atoms with Crippen LogP contribution >= 0.6 is 34.9 Å². The second-order valence-corrected chi connectivity index (χ2v) is 9.22. The number of rotatable bonds is 9. The van der Waals surface area contributed by atoms with Gasteiger partial charge in [-0.05, 0) is 48.2 Å². The van der Waals surface area contributed by atoms with Gasteiger partial charge in [0.1, 0.15) is 22.8 Å². The molecule has 1 amide bonds. The summed E-state index contributed by atoms with van der Waals surface area (Å²) < 4.78 is 5.21. The fourth-order valence-electron chi connectivity index (χ4n) is 2.59. The Kier molecular flexibility index (Phi) is 7.37. The Labute approximate surface area is 196 Å². The van der Waals surface area contributed by atoms with Crippen LogP contribution in [0, 0.1) is 0 Å². The van der Waals surface area contributed by atoms with Crippen LogP contribution in [0.4, 0.5) is 5.13 Å². The van der Waals surface area contributed by atoms with E-state index in [4.69, 9.17) is 9.84 Å². The van der Waals surface area contributed by atoms with Crippen molar-refractivity contribution in [2.24, 2.45) is 0 Å². The maximum absolute atomic E-state index is 13.1. The van der Waals surface area contributed by atoms with E-state index in [9.17, 15) is 4.79 Å². The van der Waals surface area contributed by atoms with Crippen molar-refractivity contribution >= 4 is 45.9 Å². The number of nitrogens with one attached hydrogen (secondary N) is 2. The number of carbonyl (C=O) groups excluding carboxylic acids is 1. The number of nitrogens with zero attached hydrogens (tertiary/aromatic N) is 4. The van der Waals surface area contributed by atoms with E-state index < -0.39 is 0 Å². The molecular weight excluding hydrogens is 468 g/mol. The molecule has 0 fully saturated rings. The van der Waals surface area contributed by atoms with E-state index in [-0.39, 0.29) is 18.2 Å². The predicted molar refractivity (Wildman–Crippen MR) is 123 cm³/mol. The summed E-state index contributed by atoms with van der Waals surface area (Å²) >= 11 is 4.01. The third-order valence-corrected chi connectivity index (χ3v) is 6.76. The van der Waals surface area contributed by atoms with Crippen molar-refractivity contribution < 1.29 is 14.6 Å². The van der Waals surface area contributed by atoms with Crippen molar-refractivity contribution in [3.63, 3.8) is 0 Å². The first-order chi connectivity index (χ1) is 15.6. The Morgan fingerprint density at radius 2 is 2.03 bits per heavy atom. The number of aliphatic hydroxyl groups excluding tert-OH is 1. The third-order valence-electron chi connectivity index (χ3n) is 4.07. The summed E-state index contributed by atoms with van der Waals surface area (Å²) in [4.78, 5) is 26.6. The van der Waals surface area contributed by atoms with Gasteiger partial charge in [-0.1, -0.05) is 11.8 Å². The van der Waals surface area contributed by atoms with Gasteiger partial charge in [-0.15, -0.1) is 21.5 Å². The summed E-state index contributed by atoms with van der Waals surface area (Å²) in [5.41, 5.74) is 0.998. The lowest BCUT2D eigenvalue weighted by Crippen LogP contribution is -2.15. The van der Waals surface area contributed by atoms with E-state index in [1.54, 1.807) is 7.11 Å². The molecular formula is C20H18N6O3S3. The first-order valence-corrected chi connectivity index (χ1v) is 11.9. The van der Waals surface area contributed by atoms with Crippen molar-refractivity contribution in [1.82, 2.24) is 25.1 Å². The molecule has 3 heterocycles. The Morgan fingerprint density at radius 1 is 1.19 bits per heavy atom. The number of methoxy groups -OCH3 is 1. The van der Waals surface area contributed by atoms with Crippen LogP contribution in [0.3, 0.4) is 0 Å². The second kappa shape index (κ2) is 10.6. The number of thiazole rings is 1. The number of aromatic amines is 1. The number of anilines is 1. The smallest absolute Gasteiger partial charge is 0.277 e. The molecule has 0 saturated heterocycles. The Balaban J connectivity index is 1.60. The van der Waals surface area contributed by atoms with Crippen LogP contribution in [0.25, 0.3) is 0 Å². The average Bonchev–Trinajstić information content (AvgIpc) is 3.48. The largest absolute Gasteiger partial charge is 0.497 e. The Hall–Kier alpha value is -2.93. The quantitative estimate of drug-likeness (QED) is 0.324. The standard InChI is InChI=1S/C20H18N6O3S3/c1-29-13-2-4-14(5-3-13)31-15-6-7-16(32-19-21-11-22-26-19)24-17(15)18(28)25-20-23-12(8-9-27)10-30-20/h2-7,10-11,27H,8-9H2,1H3,(H,21,22,26)(H,23,25,28). The second-order valence-electron chi connectivity index (χ2n) is 6.24. The lowest BCUT2D eigenvalue weighted by atomic mass is 10.3. The molecule has 0 unspecified atom stereocenters. The fourth-order valence-corrected chi connectivity index (χ4v) is 4.90. The van der Waals surface area contributed by atoms with Gasteiger partial charge in [0, 0.05) is 28.2 Å². The van der Waals surface area contributed by atoms with E-state index in [2.05, 4.69) is 30.5 Å². The van der Waals surface area contributed by atoms with Gasteiger partial charge in [0.2, 0.25) is 0 Å². The lowest BCUT2D eigenvalue weighted by molar-refractivity contribution is 0.101. The molecule has 0 aliphatic carbocycles. The first kappa shape index (κ1) is 22.3. The van der Waals surface area contributed by atoms with Crippen LogP contribution in [0.2, 0.25) is 0 Å². The van der Waals surface area contributed by atoms with Crippen molar-refractivity contribution in [3.8, 4) is 5.75 Å². The average molecular weight is 487 g/mol. The number of hydrogen-bond acceptors (Lipinski definition) is 10. The highest BCUT2D eigenvalue weighted by Crippen LogP contribution is 2.33. The number of H-pyrrole nitrogens is 1.